The van der Waals surface area contributed by atoms with Gasteiger partial charge in [-0.3, -0.25) is 4.98 Å². The summed E-state index contributed by atoms with van der Waals surface area (Å²) in [5.74, 6) is -0.522. The smallest absolute Gasteiger partial charge is 0.155 e. The van der Waals surface area contributed by atoms with Crippen molar-refractivity contribution in [3.05, 3.63) is 52.8 Å². The molecule has 1 aromatic carbocycles. The average molecular weight is 282 g/mol. The molecule has 2 heterocycles. The number of hydrogen-bond donors (Lipinski definition) is 0. The summed E-state index contributed by atoms with van der Waals surface area (Å²) >= 11 is 11.7. The summed E-state index contributed by atoms with van der Waals surface area (Å²) in [5.41, 5.74) is 1.74. The number of hydrogen-bond acceptors (Lipinski definition) is 2. The van der Waals surface area contributed by atoms with Crippen LogP contribution in [0.25, 0.3) is 16.9 Å². The third-order valence-electron chi connectivity index (χ3n) is 2.55. The van der Waals surface area contributed by atoms with Crippen molar-refractivity contribution in [1.29, 1.82) is 0 Å². The Kier molecular flexibility index (Phi) is 2.69. The number of aromatic nitrogens is 3. The Balaban J connectivity index is 2.22. The summed E-state index contributed by atoms with van der Waals surface area (Å²) in [4.78, 5) is 8.28. The minimum atomic E-state index is -0.522. The van der Waals surface area contributed by atoms with Gasteiger partial charge in [0.1, 0.15) is 5.82 Å². The van der Waals surface area contributed by atoms with Crippen molar-refractivity contribution in [2.24, 2.45) is 0 Å². The number of fused-ring (bicyclic) bond motifs is 1. The summed E-state index contributed by atoms with van der Waals surface area (Å²) in [6, 6.07) is 2.65. The van der Waals surface area contributed by atoms with E-state index in [9.17, 15) is 4.39 Å². The Morgan fingerprint density at radius 3 is 2.78 bits per heavy atom. The lowest BCUT2D eigenvalue weighted by atomic mass is 10.1. The minimum Gasteiger partial charge on any atom is -0.304 e. The van der Waals surface area contributed by atoms with Gasteiger partial charge in [-0.1, -0.05) is 23.2 Å². The highest BCUT2D eigenvalue weighted by atomic mass is 35.5. The molecular formula is C12H6Cl2FN3. The van der Waals surface area contributed by atoms with E-state index in [1.165, 1.54) is 12.1 Å². The van der Waals surface area contributed by atoms with Crippen molar-refractivity contribution >= 4 is 28.8 Å². The fourth-order valence-electron chi connectivity index (χ4n) is 1.69. The van der Waals surface area contributed by atoms with E-state index in [4.69, 9.17) is 23.2 Å². The molecule has 0 saturated heterocycles. The quantitative estimate of drug-likeness (QED) is 0.635. The van der Waals surface area contributed by atoms with Crippen LogP contribution in [0.4, 0.5) is 4.39 Å². The predicted octanol–water partition coefficient (Wildman–Crippen LogP) is 3.84. The Morgan fingerprint density at radius 1 is 1.17 bits per heavy atom. The van der Waals surface area contributed by atoms with E-state index in [-0.39, 0.29) is 5.02 Å². The van der Waals surface area contributed by atoms with Crippen molar-refractivity contribution in [2.75, 3.05) is 0 Å². The molecule has 3 rings (SSSR count). The maximum atomic E-state index is 13.5. The van der Waals surface area contributed by atoms with E-state index in [1.807, 2.05) is 0 Å². The Hall–Kier alpha value is -1.65. The second kappa shape index (κ2) is 4.23. The van der Waals surface area contributed by atoms with Crippen LogP contribution in [0.1, 0.15) is 0 Å². The van der Waals surface area contributed by atoms with Gasteiger partial charge in [0.15, 0.2) is 5.65 Å². The maximum absolute atomic E-state index is 13.5. The monoisotopic (exact) mass is 281 g/mol. The summed E-state index contributed by atoms with van der Waals surface area (Å²) in [7, 11) is 0. The third-order valence-corrected chi connectivity index (χ3v) is 3.15. The number of imidazole rings is 1. The van der Waals surface area contributed by atoms with Crippen LogP contribution in [0.2, 0.25) is 10.0 Å². The number of rotatable bonds is 1. The molecule has 3 aromatic rings. The van der Waals surface area contributed by atoms with E-state index in [1.54, 1.807) is 29.2 Å². The lowest BCUT2D eigenvalue weighted by Crippen LogP contribution is -1.84. The highest BCUT2D eigenvalue weighted by molar-refractivity contribution is 6.36. The first-order chi connectivity index (χ1) is 8.65. The molecule has 0 atom stereocenters. The molecule has 0 saturated carbocycles. The summed E-state index contributed by atoms with van der Waals surface area (Å²) in [5, 5.41) is 0.354. The van der Waals surface area contributed by atoms with E-state index >= 15 is 0 Å². The van der Waals surface area contributed by atoms with Gasteiger partial charge >= 0.3 is 0 Å². The summed E-state index contributed by atoms with van der Waals surface area (Å²) in [6.07, 6.45) is 6.77. The summed E-state index contributed by atoms with van der Waals surface area (Å²) in [6.45, 7) is 0. The van der Waals surface area contributed by atoms with Crippen molar-refractivity contribution in [3.63, 3.8) is 0 Å². The molecule has 0 bridgehead atoms. The first-order valence-corrected chi connectivity index (χ1v) is 5.84. The molecule has 0 spiro atoms. The molecule has 6 heteroatoms. The van der Waals surface area contributed by atoms with E-state index in [2.05, 4.69) is 9.97 Å². The molecule has 0 N–H and O–H groups in total. The van der Waals surface area contributed by atoms with Crippen LogP contribution >= 0.6 is 23.2 Å². The average Bonchev–Trinajstić information content (AvgIpc) is 2.77. The van der Waals surface area contributed by atoms with Crippen LogP contribution in [0, 0.1) is 5.82 Å². The van der Waals surface area contributed by atoms with Gasteiger partial charge in [-0.15, -0.1) is 0 Å². The van der Waals surface area contributed by atoms with Crippen LogP contribution in [-0.4, -0.2) is 14.4 Å². The van der Waals surface area contributed by atoms with Gasteiger partial charge in [0.2, 0.25) is 0 Å². The van der Waals surface area contributed by atoms with Gasteiger partial charge in [-0.2, -0.15) is 0 Å². The maximum Gasteiger partial charge on any atom is 0.155 e. The number of halogens is 3. The Labute approximate surface area is 112 Å². The van der Waals surface area contributed by atoms with Crippen LogP contribution in [0.5, 0.6) is 0 Å². The number of benzene rings is 1. The normalized spacial score (nSPS) is 11.1. The molecular weight excluding hydrogens is 276 g/mol. The van der Waals surface area contributed by atoms with E-state index in [0.717, 1.165) is 0 Å². The molecule has 0 aliphatic rings. The molecule has 2 aromatic heterocycles. The molecule has 0 radical (unpaired) electrons. The lowest BCUT2D eigenvalue weighted by Gasteiger charge is -2.02. The van der Waals surface area contributed by atoms with Gasteiger partial charge in [0.25, 0.3) is 0 Å². The first-order valence-electron chi connectivity index (χ1n) is 5.09. The topological polar surface area (TPSA) is 30.2 Å². The van der Waals surface area contributed by atoms with Crippen LogP contribution in [-0.2, 0) is 0 Å². The van der Waals surface area contributed by atoms with Gasteiger partial charge in [0, 0.05) is 24.2 Å². The Morgan fingerprint density at radius 2 is 2.00 bits per heavy atom. The molecule has 0 aliphatic heterocycles. The lowest BCUT2D eigenvalue weighted by molar-refractivity contribution is 0.629. The largest absolute Gasteiger partial charge is 0.304 e. The third kappa shape index (κ3) is 1.83. The highest BCUT2D eigenvalue weighted by Crippen LogP contribution is 2.31. The SMILES string of the molecule is Fc1cc(-c2cn3ccncc3n2)c(Cl)cc1Cl. The van der Waals surface area contributed by atoms with E-state index in [0.29, 0.717) is 21.9 Å². The van der Waals surface area contributed by atoms with Gasteiger partial charge in [0.05, 0.1) is 21.9 Å². The first kappa shape index (κ1) is 11.4. The highest BCUT2D eigenvalue weighted by Gasteiger charge is 2.12. The molecule has 0 unspecified atom stereocenters. The molecule has 0 amide bonds. The summed E-state index contributed by atoms with van der Waals surface area (Å²) < 4.78 is 15.2. The fraction of sp³-hybridized carbons (Fsp3) is 0. The molecule has 90 valence electrons. The molecule has 3 nitrogen and oxygen atoms in total. The standard InChI is InChI=1S/C12H6Cl2FN3/c13-8-4-9(14)10(15)3-7(8)11-6-18-2-1-16-5-12(18)17-11/h1-6H. The zero-order valence-electron chi connectivity index (χ0n) is 8.94. The second-order valence-electron chi connectivity index (χ2n) is 3.71. The van der Waals surface area contributed by atoms with Crippen molar-refractivity contribution < 1.29 is 4.39 Å². The van der Waals surface area contributed by atoms with Crippen molar-refractivity contribution in [3.8, 4) is 11.3 Å². The second-order valence-corrected chi connectivity index (χ2v) is 4.53. The molecule has 18 heavy (non-hydrogen) atoms. The van der Waals surface area contributed by atoms with Gasteiger partial charge in [-0.25, -0.2) is 9.37 Å². The molecule has 0 aliphatic carbocycles. The van der Waals surface area contributed by atoms with Crippen LogP contribution < -0.4 is 0 Å². The van der Waals surface area contributed by atoms with Crippen LogP contribution in [0.15, 0.2) is 36.9 Å². The Bertz CT molecular complexity index is 706. The van der Waals surface area contributed by atoms with Crippen molar-refractivity contribution in [1.82, 2.24) is 14.4 Å². The minimum absolute atomic E-state index is 0.00539. The van der Waals surface area contributed by atoms with Crippen LogP contribution in [0.3, 0.4) is 0 Å². The predicted molar refractivity (Wildman–Crippen MR) is 68.4 cm³/mol. The van der Waals surface area contributed by atoms with Gasteiger partial charge in [-0.05, 0) is 12.1 Å². The number of nitrogens with zero attached hydrogens (tertiary/aromatic N) is 3. The fourth-order valence-corrected chi connectivity index (χ4v) is 2.17. The zero-order chi connectivity index (χ0) is 12.7. The van der Waals surface area contributed by atoms with Crippen molar-refractivity contribution in [2.45, 2.75) is 0 Å². The van der Waals surface area contributed by atoms with E-state index < -0.39 is 5.82 Å². The molecule has 0 fully saturated rings. The van der Waals surface area contributed by atoms with Gasteiger partial charge < -0.3 is 4.40 Å². The zero-order valence-corrected chi connectivity index (χ0v) is 10.5.